The van der Waals surface area contributed by atoms with Crippen molar-refractivity contribution >= 4 is 12.0 Å². The Morgan fingerprint density at radius 1 is 1.35 bits per heavy atom. The van der Waals surface area contributed by atoms with Crippen LogP contribution in [0.15, 0.2) is 24.3 Å². The Bertz CT molecular complexity index is 428. The number of rotatable bonds is 2. The number of carbonyl (C=O) groups is 2. The molecule has 0 spiro atoms. The summed E-state index contributed by atoms with van der Waals surface area (Å²) in [5.74, 6) is -0.356. The van der Waals surface area contributed by atoms with Crippen molar-refractivity contribution in [2.45, 2.75) is 12.5 Å². The third kappa shape index (κ3) is 2.55. The molecule has 1 saturated heterocycles. The average Bonchev–Trinajstić information content (AvgIpc) is 2.38. The summed E-state index contributed by atoms with van der Waals surface area (Å²) in [6, 6.07) is 6.93. The summed E-state index contributed by atoms with van der Waals surface area (Å²) in [5, 5.41) is 5.53. The van der Waals surface area contributed by atoms with E-state index >= 15 is 0 Å². The first-order valence-corrected chi connectivity index (χ1v) is 5.43. The van der Waals surface area contributed by atoms with E-state index in [0.29, 0.717) is 12.1 Å². The number of amides is 2. The third-order valence-electron chi connectivity index (χ3n) is 2.76. The van der Waals surface area contributed by atoms with Crippen molar-refractivity contribution in [3.63, 3.8) is 0 Å². The molecule has 2 amide bonds. The van der Waals surface area contributed by atoms with Crippen molar-refractivity contribution in [1.82, 2.24) is 10.6 Å². The van der Waals surface area contributed by atoms with Gasteiger partial charge in [-0.25, -0.2) is 9.59 Å². The van der Waals surface area contributed by atoms with Crippen LogP contribution in [0.3, 0.4) is 0 Å². The topological polar surface area (TPSA) is 67.4 Å². The zero-order valence-corrected chi connectivity index (χ0v) is 9.53. The maximum atomic E-state index is 11.3. The fourth-order valence-corrected chi connectivity index (χ4v) is 1.83. The van der Waals surface area contributed by atoms with Crippen molar-refractivity contribution in [2.24, 2.45) is 0 Å². The molecule has 1 aromatic carbocycles. The van der Waals surface area contributed by atoms with Gasteiger partial charge in [-0.15, -0.1) is 0 Å². The Morgan fingerprint density at radius 2 is 2.06 bits per heavy atom. The summed E-state index contributed by atoms with van der Waals surface area (Å²) in [7, 11) is 1.35. The normalized spacial score (nSPS) is 19.1. The minimum Gasteiger partial charge on any atom is -0.465 e. The lowest BCUT2D eigenvalue weighted by Gasteiger charge is -2.24. The minimum atomic E-state index is -0.356. The van der Waals surface area contributed by atoms with Crippen molar-refractivity contribution in [3.05, 3.63) is 35.4 Å². The van der Waals surface area contributed by atoms with Crippen LogP contribution in [0, 0.1) is 0 Å². The maximum absolute atomic E-state index is 11.3. The number of carbonyl (C=O) groups excluding carboxylic acids is 2. The van der Waals surface area contributed by atoms with Gasteiger partial charge in [0.1, 0.15) is 0 Å². The van der Waals surface area contributed by atoms with E-state index in [1.54, 1.807) is 12.1 Å². The summed E-state index contributed by atoms with van der Waals surface area (Å²) in [5.41, 5.74) is 1.50. The van der Waals surface area contributed by atoms with Crippen LogP contribution in [0.2, 0.25) is 0 Å². The molecule has 5 nitrogen and oxygen atoms in total. The lowest BCUT2D eigenvalue weighted by molar-refractivity contribution is 0.0600. The van der Waals surface area contributed by atoms with E-state index in [4.69, 9.17) is 0 Å². The molecule has 1 fully saturated rings. The predicted octanol–water partition coefficient (Wildman–Crippen LogP) is 1.22. The largest absolute Gasteiger partial charge is 0.465 e. The van der Waals surface area contributed by atoms with Crippen LogP contribution in [-0.4, -0.2) is 25.7 Å². The molecule has 0 unspecified atom stereocenters. The van der Waals surface area contributed by atoms with E-state index in [0.717, 1.165) is 12.0 Å². The van der Waals surface area contributed by atoms with E-state index in [-0.39, 0.29) is 18.0 Å². The second-order valence-corrected chi connectivity index (χ2v) is 3.86. The molecule has 0 aromatic heterocycles. The molecule has 0 saturated carbocycles. The van der Waals surface area contributed by atoms with Crippen LogP contribution < -0.4 is 10.6 Å². The number of benzene rings is 1. The minimum absolute atomic E-state index is 0.00967. The monoisotopic (exact) mass is 234 g/mol. The first-order valence-electron chi connectivity index (χ1n) is 5.43. The Balaban J connectivity index is 2.12. The number of hydrogen-bond donors (Lipinski definition) is 2. The zero-order valence-electron chi connectivity index (χ0n) is 9.53. The van der Waals surface area contributed by atoms with E-state index in [9.17, 15) is 9.59 Å². The lowest BCUT2D eigenvalue weighted by Crippen LogP contribution is -2.44. The number of nitrogens with one attached hydrogen (secondary N) is 2. The van der Waals surface area contributed by atoms with Gasteiger partial charge in [0.25, 0.3) is 0 Å². The maximum Gasteiger partial charge on any atom is 0.337 e. The molecule has 17 heavy (non-hydrogen) atoms. The molecule has 5 heteroatoms. The first kappa shape index (κ1) is 11.4. The molecule has 2 rings (SSSR count). The van der Waals surface area contributed by atoms with Gasteiger partial charge in [0, 0.05) is 6.54 Å². The molecule has 2 N–H and O–H groups in total. The van der Waals surface area contributed by atoms with E-state index in [2.05, 4.69) is 15.4 Å². The number of urea groups is 1. The predicted molar refractivity (Wildman–Crippen MR) is 61.7 cm³/mol. The molecular weight excluding hydrogens is 220 g/mol. The highest BCUT2D eigenvalue weighted by Crippen LogP contribution is 2.19. The second-order valence-electron chi connectivity index (χ2n) is 3.86. The Labute approximate surface area is 99.2 Å². The van der Waals surface area contributed by atoms with Crippen LogP contribution in [0.5, 0.6) is 0 Å². The molecule has 0 aliphatic carbocycles. The fourth-order valence-electron chi connectivity index (χ4n) is 1.83. The summed E-state index contributed by atoms with van der Waals surface area (Å²) >= 11 is 0. The Morgan fingerprint density at radius 3 is 2.65 bits per heavy atom. The van der Waals surface area contributed by atoms with Crippen LogP contribution in [0.4, 0.5) is 4.79 Å². The van der Waals surface area contributed by atoms with Crippen molar-refractivity contribution in [1.29, 1.82) is 0 Å². The van der Waals surface area contributed by atoms with E-state index in [1.165, 1.54) is 7.11 Å². The first-order chi connectivity index (χ1) is 8.20. The number of ether oxygens (including phenoxy) is 1. The molecule has 1 aliphatic heterocycles. The molecule has 1 heterocycles. The van der Waals surface area contributed by atoms with E-state index < -0.39 is 0 Å². The van der Waals surface area contributed by atoms with E-state index in [1.807, 2.05) is 12.1 Å². The SMILES string of the molecule is COC(=O)c1ccc([C@H]2CCNC(=O)N2)cc1. The van der Waals surface area contributed by atoms with Gasteiger partial charge in [0.15, 0.2) is 0 Å². The van der Waals surface area contributed by atoms with Gasteiger partial charge in [0.2, 0.25) is 0 Å². The van der Waals surface area contributed by atoms with Gasteiger partial charge in [0.05, 0.1) is 18.7 Å². The molecular formula is C12H14N2O3. The molecule has 1 aromatic rings. The number of hydrogen-bond acceptors (Lipinski definition) is 3. The summed E-state index contributed by atoms with van der Waals surface area (Å²) in [6.45, 7) is 0.662. The van der Waals surface area contributed by atoms with Gasteiger partial charge in [-0.3, -0.25) is 0 Å². The smallest absolute Gasteiger partial charge is 0.337 e. The number of methoxy groups -OCH3 is 1. The lowest BCUT2D eigenvalue weighted by atomic mass is 10.0. The average molecular weight is 234 g/mol. The highest BCUT2D eigenvalue weighted by molar-refractivity contribution is 5.89. The Hall–Kier alpha value is -2.04. The standard InChI is InChI=1S/C12H14N2O3/c1-17-11(15)9-4-2-8(3-5-9)10-6-7-13-12(16)14-10/h2-5,10H,6-7H2,1H3,(H2,13,14,16)/t10-/m1/s1. The highest BCUT2D eigenvalue weighted by atomic mass is 16.5. The van der Waals surface area contributed by atoms with Gasteiger partial charge in [-0.1, -0.05) is 12.1 Å². The van der Waals surface area contributed by atoms with Crippen molar-refractivity contribution in [2.75, 3.05) is 13.7 Å². The quantitative estimate of drug-likeness (QED) is 0.756. The molecule has 0 radical (unpaired) electrons. The summed E-state index contributed by atoms with van der Waals surface area (Å²) in [6.07, 6.45) is 0.837. The summed E-state index contributed by atoms with van der Waals surface area (Å²) in [4.78, 5) is 22.4. The fraction of sp³-hybridized carbons (Fsp3) is 0.333. The van der Waals surface area contributed by atoms with Gasteiger partial charge in [-0.05, 0) is 24.1 Å². The number of esters is 1. The van der Waals surface area contributed by atoms with Crippen LogP contribution >= 0.6 is 0 Å². The molecule has 90 valence electrons. The van der Waals surface area contributed by atoms with Crippen molar-refractivity contribution in [3.8, 4) is 0 Å². The third-order valence-corrected chi connectivity index (χ3v) is 2.76. The second kappa shape index (κ2) is 4.86. The molecule has 1 atom stereocenters. The zero-order chi connectivity index (χ0) is 12.3. The van der Waals surface area contributed by atoms with Crippen LogP contribution in [-0.2, 0) is 4.74 Å². The van der Waals surface area contributed by atoms with Crippen LogP contribution in [0.25, 0.3) is 0 Å². The molecule has 0 bridgehead atoms. The highest BCUT2D eigenvalue weighted by Gasteiger charge is 2.19. The van der Waals surface area contributed by atoms with Gasteiger partial charge in [-0.2, -0.15) is 0 Å². The molecule has 1 aliphatic rings. The van der Waals surface area contributed by atoms with Gasteiger partial charge < -0.3 is 15.4 Å². The Kier molecular flexibility index (Phi) is 3.27. The van der Waals surface area contributed by atoms with Crippen molar-refractivity contribution < 1.29 is 14.3 Å². The van der Waals surface area contributed by atoms with Gasteiger partial charge >= 0.3 is 12.0 Å². The summed E-state index contributed by atoms with van der Waals surface area (Å²) < 4.78 is 4.62. The van der Waals surface area contributed by atoms with Crippen LogP contribution in [0.1, 0.15) is 28.4 Å².